The lowest BCUT2D eigenvalue weighted by Crippen LogP contribution is -2.29. The molecule has 1 fully saturated rings. The molecule has 1 N–H and O–H groups in total. The van der Waals surface area contributed by atoms with E-state index < -0.39 is 17.7 Å². The van der Waals surface area contributed by atoms with Crippen molar-refractivity contribution in [3.63, 3.8) is 0 Å². The molecule has 31 heavy (non-hydrogen) atoms. The van der Waals surface area contributed by atoms with Crippen molar-refractivity contribution in [3.8, 4) is 5.75 Å². The normalized spacial score (nSPS) is 17.8. The zero-order chi connectivity index (χ0) is 22.1. The molecule has 5 nitrogen and oxygen atoms in total. The summed E-state index contributed by atoms with van der Waals surface area (Å²) in [6.45, 7) is 1.81. The summed E-state index contributed by atoms with van der Waals surface area (Å²) < 4.78 is 5.23. The third-order valence-electron chi connectivity index (χ3n) is 5.35. The van der Waals surface area contributed by atoms with Gasteiger partial charge in [0.25, 0.3) is 11.7 Å². The second kappa shape index (κ2) is 8.28. The Bertz CT molecular complexity index is 1190. The quantitative estimate of drug-likeness (QED) is 0.345. The van der Waals surface area contributed by atoms with E-state index in [1.54, 1.807) is 73.8 Å². The Hall–Kier alpha value is -3.57. The third kappa shape index (κ3) is 3.68. The molecule has 3 aromatic rings. The SMILES string of the molecule is COc1ccc(/C(O)=C2/C(=O)C(=O)N(c3ccccc3)C2c2ccc(Cl)cc2)c(C)c1. The molecule has 6 heteroatoms. The first kappa shape index (κ1) is 20.7. The lowest BCUT2D eigenvalue weighted by molar-refractivity contribution is -0.132. The van der Waals surface area contributed by atoms with Gasteiger partial charge in [0.05, 0.1) is 18.7 Å². The fourth-order valence-electron chi connectivity index (χ4n) is 3.82. The van der Waals surface area contributed by atoms with Crippen molar-refractivity contribution in [2.45, 2.75) is 13.0 Å². The average Bonchev–Trinajstić information content (AvgIpc) is 3.05. The maximum atomic E-state index is 13.1. The van der Waals surface area contributed by atoms with Gasteiger partial charge in [0.15, 0.2) is 0 Å². The minimum atomic E-state index is -0.791. The van der Waals surface area contributed by atoms with E-state index in [4.69, 9.17) is 16.3 Å². The number of carbonyl (C=O) groups excluding carboxylic acids is 2. The molecule has 156 valence electrons. The van der Waals surface area contributed by atoms with Crippen LogP contribution in [0.2, 0.25) is 5.02 Å². The minimum Gasteiger partial charge on any atom is -0.507 e. The summed E-state index contributed by atoms with van der Waals surface area (Å²) in [6.07, 6.45) is 0. The van der Waals surface area contributed by atoms with Gasteiger partial charge in [-0.15, -0.1) is 0 Å². The first-order chi connectivity index (χ1) is 14.9. The maximum absolute atomic E-state index is 13.1. The number of methoxy groups -OCH3 is 1. The molecule has 0 spiro atoms. The molecule has 0 aliphatic carbocycles. The number of ketones is 1. The van der Waals surface area contributed by atoms with E-state index in [1.807, 2.05) is 13.0 Å². The Kier molecular flexibility index (Phi) is 5.53. The molecule has 1 unspecified atom stereocenters. The Morgan fingerprint density at radius 3 is 2.29 bits per heavy atom. The number of Topliss-reactive ketones (excluding diaryl/α,β-unsaturated/α-hetero) is 1. The van der Waals surface area contributed by atoms with E-state index in [0.717, 1.165) is 5.56 Å². The molecule has 1 aliphatic rings. The van der Waals surface area contributed by atoms with Crippen molar-refractivity contribution in [1.82, 2.24) is 0 Å². The molecule has 4 rings (SSSR count). The zero-order valence-electron chi connectivity index (χ0n) is 17.0. The number of hydrogen-bond donors (Lipinski definition) is 1. The van der Waals surface area contributed by atoms with Crippen LogP contribution in [0.3, 0.4) is 0 Å². The van der Waals surface area contributed by atoms with Crippen LogP contribution < -0.4 is 9.64 Å². The van der Waals surface area contributed by atoms with Gasteiger partial charge in [-0.3, -0.25) is 14.5 Å². The molecule has 0 aromatic heterocycles. The molecular formula is C25H20ClNO4. The fourth-order valence-corrected chi connectivity index (χ4v) is 3.95. The van der Waals surface area contributed by atoms with Gasteiger partial charge in [-0.1, -0.05) is 41.9 Å². The first-order valence-electron chi connectivity index (χ1n) is 9.69. The molecule has 1 amide bonds. The monoisotopic (exact) mass is 433 g/mol. The fraction of sp³-hybridized carbons (Fsp3) is 0.120. The number of para-hydroxylation sites is 1. The van der Waals surface area contributed by atoms with Gasteiger partial charge in [-0.2, -0.15) is 0 Å². The lowest BCUT2D eigenvalue weighted by atomic mass is 9.93. The van der Waals surface area contributed by atoms with Gasteiger partial charge < -0.3 is 9.84 Å². The predicted octanol–water partition coefficient (Wildman–Crippen LogP) is 5.28. The average molecular weight is 434 g/mol. The number of ether oxygens (including phenoxy) is 1. The molecule has 1 heterocycles. The summed E-state index contributed by atoms with van der Waals surface area (Å²) in [6, 6.07) is 20.2. The summed E-state index contributed by atoms with van der Waals surface area (Å²) in [4.78, 5) is 27.6. The predicted molar refractivity (Wildman–Crippen MR) is 120 cm³/mol. The van der Waals surface area contributed by atoms with Crippen LogP contribution in [0.5, 0.6) is 5.75 Å². The van der Waals surface area contributed by atoms with Crippen LogP contribution in [-0.2, 0) is 9.59 Å². The Labute approximate surface area is 185 Å². The Morgan fingerprint density at radius 2 is 1.68 bits per heavy atom. The van der Waals surface area contributed by atoms with Crippen LogP contribution in [0, 0.1) is 6.92 Å². The zero-order valence-corrected chi connectivity index (χ0v) is 17.8. The summed E-state index contributed by atoms with van der Waals surface area (Å²) in [5.74, 6) is -1.03. The van der Waals surface area contributed by atoms with Crippen LogP contribution >= 0.6 is 11.6 Å². The van der Waals surface area contributed by atoms with Gasteiger partial charge in [-0.25, -0.2) is 0 Å². The molecule has 0 bridgehead atoms. The van der Waals surface area contributed by atoms with E-state index in [0.29, 0.717) is 27.6 Å². The summed E-state index contributed by atoms with van der Waals surface area (Å²) in [5, 5.41) is 11.8. The highest BCUT2D eigenvalue weighted by Gasteiger charge is 2.47. The van der Waals surface area contributed by atoms with E-state index in [9.17, 15) is 14.7 Å². The highest BCUT2D eigenvalue weighted by atomic mass is 35.5. The summed E-state index contributed by atoms with van der Waals surface area (Å²) in [7, 11) is 1.56. The van der Waals surface area contributed by atoms with Gasteiger partial charge in [0.2, 0.25) is 0 Å². The largest absolute Gasteiger partial charge is 0.507 e. The van der Waals surface area contributed by atoms with Crippen LogP contribution in [0.15, 0.2) is 78.4 Å². The van der Waals surface area contributed by atoms with E-state index >= 15 is 0 Å². The molecular weight excluding hydrogens is 414 g/mol. The number of nitrogens with zero attached hydrogens (tertiary/aromatic N) is 1. The van der Waals surface area contributed by atoms with E-state index in [1.165, 1.54) is 4.90 Å². The lowest BCUT2D eigenvalue weighted by Gasteiger charge is -2.25. The minimum absolute atomic E-state index is 0.0319. The standard InChI is InChI=1S/C25H20ClNO4/c1-15-14-19(31-2)12-13-20(15)23(28)21-22(16-8-10-17(26)11-9-16)27(25(30)24(21)29)18-6-4-3-5-7-18/h3-14,22,28H,1-2H3/b23-21-. The van der Waals surface area contributed by atoms with E-state index in [2.05, 4.69) is 0 Å². The van der Waals surface area contributed by atoms with Crippen LogP contribution in [0.1, 0.15) is 22.7 Å². The first-order valence-corrected chi connectivity index (χ1v) is 10.1. The van der Waals surface area contributed by atoms with Crippen molar-refractivity contribution < 1.29 is 19.4 Å². The van der Waals surface area contributed by atoms with Crippen molar-refractivity contribution in [2.75, 3.05) is 12.0 Å². The number of aryl methyl sites for hydroxylation is 1. The number of aliphatic hydroxyl groups is 1. The van der Waals surface area contributed by atoms with Crippen molar-refractivity contribution in [2.24, 2.45) is 0 Å². The second-order valence-electron chi connectivity index (χ2n) is 7.24. The maximum Gasteiger partial charge on any atom is 0.300 e. The molecule has 0 radical (unpaired) electrons. The number of halogens is 1. The Morgan fingerprint density at radius 1 is 1.00 bits per heavy atom. The van der Waals surface area contributed by atoms with Crippen molar-refractivity contribution in [1.29, 1.82) is 0 Å². The van der Waals surface area contributed by atoms with Crippen LogP contribution in [0.4, 0.5) is 5.69 Å². The number of rotatable bonds is 4. The van der Waals surface area contributed by atoms with Gasteiger partial charge in [0, 0.05) is 16.3 Å². The molecule has 1 atom stereocenters. The number of hydrogen-bond acceptors (Lipinski definition) is 4. The highest BCUT2D eigenvalue weighted by Crippen LogP contribution is 2.42. The van der Waals surface area contributed by atoms with Gasteiger partial charge in [-0.05, 0) is 60.5 Å². The molecule has 0 saturated carbocycles. The smallest absolute Gasteiger partial charge is 0.300 e. The Balaban J connectivity index is 1.94. The summed E-state index contributed by atoms with van der Waals surface area (Å²) in [5.41, 5.74) is 2.45. The number of carbonyl (C=O) groups is 2. The van der Waals surface area contributed by atoms with Crippen molar-refractivity contribution >= 4 is 34.7 Å². The molecule has 1 saturated heterocycles. The number of anilines is 1. The van der Waals surface area contributed by atoms with Crippen LogP contribution in [-0.4, -0.2) is 23.9 Å². The summed E-state index contributed by atoms with van der Waals surface area (Å²) >= 11 is 6.05. The highest BCUT2D eigenvalue weighted by molar-refractivity contribution is 6.51. The van der Waals surface area contributed by atoms with Gasteiger partial charge in [0.1, 0.15) is 11.5 Å². The second-order valence-corrected chi connectivity index (χ2v) is 7.67. The molecule has 1 aliphatic heterocycles. The molecule has 3 aromatic carbocycles. The number of amides is 1. The third-order valence-corrected chi connectivity index (χ3v) is 5.61. The number of aliphatic hydroxyl groups excluding tert-OH is 1. The number of benzene rings is 3. The van der Waals surface area contributed by atoms with Crippen LogP contribution in [0.25, 0.3) is 5.76 Å². The topological polar surface area (TPSA) is 66.8 Å². The van der Waals surface area contributed by atoms with E-state index in [-0.39, 0.29) is 11.3 Å². The van der Waals surface area contributed by atoms with Crippen molar-refractivity contribution in [3.05, 3.63) is 100 Å². The van der Waals surface area contributed by atoms with Gasteiger partial charge >= 0.3 is 0 Å².